The summed E-state index contributed by atoms with van der Waals surface area (Å²) in [5.74, 6) is 0.786. The molecule has 0 fully saturated rings. The summed E-state index contributed by atoms with van der Waals surface area (Å²) in [5, 5.41) is 20.0. The van der Waals surface area contributed by atoms with Gasteiger partial charge in [-0.15, -0.1) is 12.4 Å². The minimum Gasteiger partial charge on any atom is -0.493 e. The Kier molecular flexibility index (Phi) is 10.8. The van der Waals surface area contributed by atoms with Crippen LogP contribution < -0.4 is 25.4 Å². The van der Waals surface area contributed by atoms with E-state index < -0.39 is 4.92 Å². The molecule has 10 heteroatoms. The topological polar surface area (TPSA) is 115 Å². The van der Waals surface area contributed by atoms with Crippen LogP contribution >= 0.6 is 12.4 Å². The summed E-state index contributed by atoms with van der Waals surface area (Å²) < 4.78 is 11.1. The number of carbonyl (C=O) groups excluding carboxylic acids is 1. The lowest BCUT2D eigenvalue weighted by molar-refractivity contribution is -0.384. The quantitative estimate of drug-likeness (QED) is 0.190. The van der Waals surface area contributed by atoms with Crippen molar-refractivity contribution < 1.29 is 19.2 Å². The van der Waals surface area contributed by atoms with E-state index in [1.807, 2.05) is 43.3 Å². The number of ether oxygens (including phenoxy) is 2. The summed E-state index contributed by atoms with van der Waals surface area (Å²) in [6.45, 7) is 3.82. The zero-order valence-electron chi connectivity index (χ0n) is 19.6. The van der Waals surface area contributed by atoms with Crippen LogP contribution in [0.15, 0.2) is 66.7 Å². The van der Waals surface area contributed by atoms with Crippen molar-refractivity contribution in [3.05, 3.63) is 88.0 Å². The van der Waals surface area contributed by atoms with E-state index >= 15 is 0 Å². The average Bonchev–Trinajstić information content (AvgIpc) is 2.84. The van der Waals surface area contributed by atoms with E-state index in [1.54, 1.807) is 25.3 Å². The second kappa shape index (κ2) is 13.8. The van der Waals surface area contributed by atoms with Crippen molar-refractivity contribution in [3.8, 4) is 11.5 Å². The number of nitro groups is 1. The molecule has 0 aliphatic rings. The van der Waals surface area contributed by atoms with E-state index in [-0.39, 0.29) is 30.6 Å². The largest absolute Gasteiger partial charge is 0.493 e. The molecule has 9 nitrogen and oxygen atoms in total. The summed E-state index contributed by atoms with van der Waals surface area (Å²) in [6, 6.07) is 19.4. The normalized spacial score (nSPS) is 10.1. The highest BCUT2D eigenvalue weighted by Gasteiger charge is 2.09. The second-order valence-electron chi connectivity index (χ2n) is 7.60. The Labute approximate surface area is 210 Å². The van der Waals surface area contributed by atoms with Crippen molar-refractivity contribution in [1.82, 2.24) is 5.32 Å². The third-order valence-electron chi connectivity index (χ3n) is 4.96. The number of aryl methyl sites for hydroxylation is 1. The molecule has 0 unspecified atom stereocenters. The zero-order valence-corrected chi connectivity index (χ0v) is 20.4. The van der Waals surface area contributed by atoms with Gasteiger partial charge in [0.2, 0.25) is 0 Å². The first kappa shape index (κ1) is 27.4. The minimum absolute atomic E-state index is 0. The van der Waals surface area contributed by atoms with Crippen LogP contribution in [0.3, 0.4) is 0 Å². The number of rotatable bonds is 12. The molecule has 1 amide bonds. The second-order valence-corrected chi connectivity index (χ2v) is 7.60. The summed E-state index contributed by atoms with van der Waals surface area (Å²) in [4.78, 5) is 22.4. The summed E-state index contributed by atoms with van der Waals surface area (Å²) in [6.07, 6.45) is 0. The smallest absolute Gasteiger partial charge is 0.269 e. The van der Waals surface area contributed by atoms with E-state index in [0.717, 1.165) is 22.5 Å². The Hall–Kier alpha value is -3.82. The number of methoxy groups -OCH3 is 1. The summed E-state index contributed by atoms with van der Waals surface area (Å²) in [5.41, 5.74) is 3.73. The lowest BCUT2D eigenvalue weighted by Gasteiger charge is -2.13. The molecule has 186 valence electrons. The average molecular weight is 501 g/mol. The van der Waals surface area contributed by atoms with Crippen LogP contribution in [0.4, 0.5) is 17.1 Å². The first-order valence-electron chi connectivity index (χ1n) is 10.8. The summed E-state index contributed by atoms with van der Waals surface area (Å²) >= 11 is 0. The van der Waals surface area contributed by atoms with Crippen LogP contribution in [-0.4, -0.2) is 37.6 Å². The van der Waals surface area contributed by atoms with Crippen molar-refractivity contribution in [1.29, 1.82) is 0 Å². The Morgan fingerprint density at radius 3 is 2.29 bits per heavy atom. The Balaban J connectivity index is 0.00000432. The van der Waals surface area contributed by atoms with Crippen LogP contribution in [0.25, 0.3) is 0 Å². The SMILES string of the molecule is COc1cc(CNCCNc2ccc([N+](=O)[O-])cc2)ccc1OCC(=O)Nc1ccc(C)cc1.Cl. The lowest BCUT2D eigenvalue weighted by Crippen LogP contribution is -2.22. The molecule has 0 heterocycles. The fourth-order valence-electron chi connectivity index (χ4n) is 3.15. The molecule has 0 aromatic heterocycles. The fraction of sp³-hybridized carbons (Fsp3) is 0.240. The molecule has 0 aliphatic carbocycles. The molecule has 0 atom stereocenters. The molecular weight excluding hydrogens is 472 g/mol. The van der Waals surface area contributed by atoms with Gasteiger partial charge < -0.3 is 25.4 Å². The number of anilines is 2. The number of nitro benzene ring substituents is 1. The van der Waals surface area contributed by atoms with Gasteiger partial charge in [0.1, 0.15) is 0 Å². The molecule has 3 rings (SSSR count). The number of hydrogen-bond donors (Lipinski definition) is 3. The predicted molar refractivity (Wildman–Crippen MR) is 139 cm³/mol. The molecule has 0 bridgehead atoms. The van der Waals surface area contributed by atoms with Crippen molar-refractivity contribution >= 4 is 35.4 Å². The van der Waals surface area contributed by atoms with Crippen molar-refractivity contribution in [2.24, 2.45) is 0 Å². The Morgan fingerprint density at radius 2 is 1.63 bits per heavy atom. The van der Waals surface area contributed by atoms with Crippen LogP contribution in [0.5, 0.6) is 11.5 Å². The molecule has 3 aromatic rings. The maximum Gasteiger partial charge on any atom is 0.269 e. The first-order valence-corrected chi connectivity index (χ1v) is 10.8. The Bertz CT molecular complexity index is 1110. The molecule has 3 N–H and O–H groups in total. The maximum atomic E-state index is 12.2. The van der Waals surface area contributed by atoms with Gasteiger partial charge in [-0.2, -0.15) is 0 Å². The molecule has 0 aliphatic heterocycles. The van der Waals surface area contributed by atoms with Crippen LogP contribution in [-0.2, 0) is 11.3 Å². The van der Waals surface area contributed by atoms with Crippen LogP contribution in [0, 0.1) is 17.0 Å². The van der Waals surface area contributed by atoms with E-state index in [0.29, 0.717) is 31.1 Å². The van der Waals surface area contributed by atoms with E-state index in [4.69, 9.17) is 9.47 Å². The number of halogens is 1. The molecular formula is C25H29ClN4O5. The molecule has 0 spiro atoms. The lowest BCUT2D eigenvalue weighted by atomic mass is 10.2. The van der Waals surface area contributed by atoms with Crippen LogP contribution in [0.1, 0.15) is 11.1 Å². The first-order chi connectivity index (χ1) is 16.4. The summed E-state index contributed by atoms with van der Waals surface area (Å²) in [7, 11) is 1.56. The fourth-order valence-corrected chi connectivity index (χ4v) is 3.15. The van der Waals surface area contributed by atoms with Gasteiger partial charge in [-0.1, -0.05) is 23.8 Å². The monoisotopic (exact) mass is 500 g/mol. The van der Waals surface area contributed by atoms with Crippen LogP contribution in [0.2, 0.25) is 0 Å². The maximum absolute atomic E-state index is 12.2. The van der Waals surface area contributed by atoms with Gasteiger partial charge in [-0.25, -0.2) is 0 Å². The standard InChI is InChI=1S/C25H28N4O5.ClH/c1-18-3-6-21(7-4-18)28-25(30)17-34-23-12-5-19(15-24(23)33-2)16-26-13-14-27-20-8-10-22(11-9-20)29(31)32;/h3-12,15,26-27H,13-14,16-17H2,1-2H3,(H,28,30);1H. The third kappa shape index (κ3) is 8.80. The predicted octanol–water partition coefficient (Wildman–Crippen LogP) is 4.55. The molecule has 0 radical (unpaired) electrons. The zero-order chi connectivity index (χ0) is 24.3. The molecule has 3 aromatic carbocycles. The number of amides is 1. The highest BCUT2D eigenvalue weighted by molar-refractivity contribution is 5.91. The number of nitrogens with zero attached hydrogens (tertiary/aromatic N) is 1. The van der Waals surface area contributed by atoms with Gasteiger partial charge in [-0.3, -0.25) is 14.9 Å². The molecule has 35 heavy (non-hydrogen) atoms. The van der Waals surface area contributed by atoms with Crippen molar-refractivity contribution in [2.75, 3.05) is 37.4 Å². The van der Waals surface area contributed by atoms with Gasteiger partial charge in [0, 0.05) is 43.1 Å². The van der Waals surface area contributed by atoms with Gasteiger partial charge in [0.25, 0.3) is 11.6 Å². The third-order valence-corrected chi connectivity index (χ3v) is 4.96. The highest BCUT2D eigenvalue weighted by Crippen LogP contribution is 2.28. The number of benzene rings is 3. The number of carbonyl (C=O) groups is 1. The van der Waals surface area contributed by atoms with Gasteiger partial charge in [-0.05, 0) is 48.9 Å². The van der Waals surface area contributed by atoms with E-state index in [2.05, 4.69) is 16.0 Å². The Morgan fingerprint density at radius 1 is 0.943 bits per heavy atom. The molecule has 0 saturated heterocycles. The highest BCUT2D eigenvalue weighted by atomic mass is 35.5. The number of nitrogens with one attached hydrogen (secondary N) is 3. The van der Waals surface area contributed by atoms with E-state index in [9.17, 15) is 14.9 Å². The van der Waals surface area contributed by atoms with Crippen molar-refractivity contribution in [2.45, 2.75) is 13.5 Å². The van der Waals surface area contributed by atoms with E-state index in [1.165, 1.54) is 12.1 Å². The van der Waals surface area contributed by atoms with Gasteiger partial charge in [0.05, 0.1) is 12.0 Å². The molecule has 0 saturated carbocycles. The number of non-ortho nitro benzene ring substituents is 1. The number of hydrogen-bond acceptors (Lipinski definition) is 7. The van der Waals surface area contributed by atoms with Crippen molar-refractivity contribution in [3.63, 3.8) is 0 Å². The van der Waals surface area contributed by atoms with Gasteiger partial charge in [0.15, 0.2) is 18.1 Å². The minimum atomic E-state index is -0.421. The van der Waals surface area contributed by atoms with Gasteiger partial charge >= 0.3 is 0 Å².